The molecule has 0 radical (unpaired) electrons. The van der Waals surface area contributed by atoms with Crippen molar-refractivity contribution in [2.75, 3.05) is 27.4 Å². The van der Waals surface area contributed by atoms with Gasteiger partial charge in [0, 0.05) is 6.07 Å². The molecule has 22 heavy (non-hydrogen) atoms. The van der Waals surface area contributed by atoms with Crippen molar-refractivity contribution < 1.29 is 24.1 Å². The van der Waals surface area contributed by atoms with Crippen molar-refractivity contribution in [2.45, 2.75) is 6.10 Å². The van der Waals surface area contributed by atoms with Gasteiger partial charge in [0.2, 0.25) is 0 Å². The van der Waals surface area contributed by atoms with Gasteiger partial charge in [0.05, 0.1) is 14.2 Å². The zero-order valence-electron chi connectivity index (χ0n) is 12.5. The first-order chi connectivity index (χ1) is 10.7. The normalized spacial score (nSPS) is 14.3. The lowest BCUT2D eigenvalue weighted by molar-refractivity contribution is 0.169. The molecule has 0 fully saturated rings. The second-order valence-electron chi connectivity index (χ2n) is 4.95. The third kappa shape index (κ3) is 2.80. The molecule has 1 heterocycles. The van der Waals surface area contributed by atoms with Crippen LogP contribution >= 0.6 is 0 Å². The highest BCUT2D eigenvalue weighted by atomic mass is 16.6. The standard InChI is InChI=1S/C17H18O5/c1-19-13-7-12(8-14(10-13)20-2)17(18)11-3-4-15-16(9-11)22-6-5-21-15/h3-4,7-10,17-18H,5-6H2,1-2H3/t17-/m0/s1. The average molecular weight is 302 g/mol. The van der Waals surface area contributed by atoms with E-state index in [2.05, 4.69) is 0 Å². The van der Waals surface area contributed by atoms with E-state index in [-0.39, 0.29) is 0 Å². The Kier molecular flexibility index (Phi) is 4.06. The Morgan fingerprint density at radius 2 is 1.50 bits per heavy atom. The minimum atomic E-state index is -0.806. The first-order valence-corrected chi connectivity index (χ1v) is 7.02. The van der Waals surface area contributed by atoms with Crippen molar-refractivity contribution in [1.29, 1.82) is 0 Å². The Bertz CT molecular complexity index is 646. The Morgan fingerprint density at radius 3 is 2.14 bits per heavy atom. The summed E-state index contributed by atoms with van der Waals surface area (Å²) in [6.45, 7) is 1.06. The number of hydrogen-bond donors (Lipinski definition) is 1. The van der Waals surface area contributed by atoms with Crippen LogP contribution < -0.4 is 18.9 Å². The average Bonchev–Trinajstić information content (AvgIpc) is 2.60. The third-order valence-electron chi connectivity index (χ3n) is 3.57. The van der Waals surface area contributed by atoms with Crippen LogP contribution in [-0.2, 0) is 0 Å². The minimum Gasteiger partial charge on any atom is -0.497 e. The van der Waals surface area contributed by atoms with Gasteiger partial charge in [-0.15, -0.1) is 0 Å². The maximum Gasteiger partial charge on any atom is 0.161 e. The van der Waals surface area contributed by atoms with E-state index in [1.807, 2.05) is 12.1 Å². The van der Waals surface area contributed by atoms with E-state index < -0.39 is 6.10 Å². The third-order valence-corrected chi connectivity index (χ3v) is 3.57. The largest absolute Gasteiger partial charge is 0.497 e. The van der Waals surface area contributed by atoms with E-state index in [1.165, 1.54) is 0 Å². The molecule has 1 aliphatic rings. The van der Waals surface area contributed by atoms with Crippen molar-refractivity contribution in [3.8, 4) is 23.0 Å². The Balaban J connectivity index is 1.94. The van der Waals surface area contributed by atoms with E-state index in [9.17, 15) is 5.11 Å². The second-order valence-corrected chi connectivity index (χ2v) is 4.95. The number of rotatable bonds is 4. The van der Waals surface area contributed by atoms with Crippen molar-refractivity contribution in [2.24, 2.45) is 0 Å². The molecule has 3 rings (SSSR count). The zero-order chi connectivity index (χ0) is 15.5. The molecule has 0 bridgehead atoms. The van der Waals surface area contributed by atoms with Gasteiger partial charge in [0.25, 0.3) is 0 Å². The van der Waals surface area contributed by atoms with E-state index in [4.69, 9.17) is 18.9 Å². The van der Waals surface area contributed by atoms with E-state index in [1.54, 1.807) is 38.5 Å². The van der Waals surface area contributed by atoms with Crippen LogP contribution in [-0.4, -0.2) is 32.5 Å². The van der Waals surface area contributed by atoms with Crippen LogP contribution in [0.3, 0.4) is 0 Å². The minimum absolute atomic E-state index is 0.513. The predicted octanol–water partition coefficient (Wildman–Crippen LogP) is 2.56. The van der Waals surface area contributed by atoms with E-state index in [0.717, 1.165) is 5.56 Å². The van der Waals surface area contributed by atoms with Gasteiger partial charge in [-0.25, -0.2) is 0 Å². The molecule has 1 N–H and O–H groups in total. The molecule has 2 aromatic rings. The molecular weight excluding hydrogens is 284 g/mol. The van der Waals surface area contributed by atoms with Crippen LogP contribution in [0.5, 0.6) is 23.0 Å². The van der Waals surface area contributed by atoms with Crippen molar-refractivity contribution in [3.05, 3.63) is 47.5 Å². The summed E-state index contributed by atoms with van der Waals surface area (Å²) >= 11 is 0. The molecule has 2 aromatic carbocycles. The van der Waals surface area contributed by atoms with Gasteiger partial charge in [0.15, 0.2) is 11.5 Å². The zero-order valence-corrected chi connectivity index (χ0v) is 12.5. The lowest BCUT2D eigenvalue weighted by Gasteiger charge is -2.20. The highest BCUT2D eigenvalue weighted by Gasteiger charge is 2.18. The van der Waals surface area contributed by atoms with Gasteiger partial charge in [0.1, 0.15) is 30.8 Å². The van der Waals surface area contributed by atoms with Gasteiger partial charge in [-0.2, -0.15) is 0 Å². The lowest BCUT2D eigenvalue weighted by atomic mass is 10.0. The van der Waals surface area contributed by atoms with Crippen LogP contribution in [0.25, 0.3) is 0 Å². The van der Waals surface area contributed by atoms with Crippen LogP contribution in [0.15, 0.2) is 36.4 Å². The Hall–Kier alpha value is -2.40. The quantitative estimate of drug-likeness (QED) is 0.940. The Labute approximate surface area is 129 Å². The molecule has 0 unspecified atom stereocenters. The fraction of sp³-hybridized carbons (Fsp3) is 0.294. The lowest BCUT2D eigenvalue weighted by Crippen LogP contribution is -2.15. The molecule has 1 atom stereocenters. The SMILES string of the molecule is COc1cc(OC)cc([C@@H](O)c2ccc3c(c2)OCCO3)c1. The van der Waals surface area contributed by atoms with Crippen molar-refractivity contribution in [3.63, 3.8) is 0 Å². The van der Waals surface area contributed by atoms with Gasteiger partial charge in [-0.1, -0.05) is 6.07 Å². The first-order valence-electron chi connectivity index (χ1n) is 7.02. The number of aliphatic hydroxyl groups excluding tert-OH is 1. The van der Waals surface area contributed by atoms with Crippen LogP contribution in [0, 0.1) is 0 Å². The highest BCUT2D eigenvalue weighted by molar-refractivity contribution is 5.48. The molecular formula is C17H18O5. The molecule has 0 saturated heterocycles. The number of methoxy groups -OCH3 is 2. The van der Waals surface area contributed by atoms with Crippen LogP contribution in [0.1, 0.15) is 17.2 Å². The summed E-state index contributed by atoms with van der Waals surface area (Å²) in [5, 5.41) is 10.6. The summed E-state index contributed by atoms with van der Waals surface area (Å²) in [5.74, 6) is 2.61. The molecule has 0 aromatic heterocycles. The molecule has 5 heteroatoms. The van der Waals surface area contributed by atoms with Gasteiger partial charge < -0.3 is 24.1 Å². The van der Waals surface area contributed by atoms with Gasteiger partial charge >= 0.3 is 0 Å². The molecule has 0 saturated carbocycles. The van der Waals surface area contributed by atoms with Crippen molar-refractivity contribution >= 4 is 0 Å². The number of fused-ring (bicyclic) bond motifs is 1. The molecule has 0 spiro atoms. The topological polar surface area (TPSA) is 57.2 Å². The molecule has 116 valence electrons. The highest BCUT2D eigenvalue weighted by Crippen LogP contribution is 2.35. The summed E-state index contributed by atoms with van der Waals surface area (Å²) in [5.41, 5.74) is 1.41. The fourth-order valence-corrected chi connectivity index (χ4v) is 2.41. The number of aliphatic hydroxyl groups is 1. The second kappa shape index (κ2) is 6.15. The summed E-state index contributed by atoms with van der Waals surface area (Å²) in [6.07, 6.45) is -0.806. The van der Waals surface area contributed by atoms with E-state index >= 15 is 0 Å². The fourth-order valence-electron chi connectivity index (χ4n) is 2.41. The number of ether oxygens (including phenoxy) is 4. The molecule has 1 aliphatic heterocycles. The van der Waals surface area contributed by atoms with E-state index in [0.29, 0.717) is 41.8 Å². The molecule has 0 aliphatic carbocycles. The number of benzene rings is 2. The number of hydrogen-bond acceptors (Lipinski definition) is 5. The maximum absolute atomic E-state index is 10.6. The van der Waals surface area contributed by atoms with Gasteiger partial charge in [-0.05, 0) is 35.4 Å². The monoisotopic (exact) mass is 302 g/mol. The van der Waals surface area contributed by atoms with Gasteiger partial charge in [-0.3, -0.25) is 0 Å². The van der Waals surface area contributed by atoms with Crippen LogP contribution in [0.4, 0.5) is 0 Å². The van der Waals surface area contributed by atoms with Crippen molar-refractivity contribution in [1.82, 2.24) is 0 Å². The van der Waals surface area contributed by atoms with Crippen LogP contribution in [0.2, 0.25) is 0 Å². The maximum atomic E-state index is 10.6. The molecule has 5 nitrogen and oxygen atoms in total. The summed E-state index contributed by atoms with van der Waals surface area (Å²) < 4.78 is 21.5. The molecule has 0 amide bonds. The Morgan fingerprint density at radius 1 is 0.864 bits per heavy atom. The predicted molar refractivity (Wildman–Crippen MR) is 81.0 cm³/mol. The summed E-state index contributed by atoms with van der Waals surface area (Å²) in [6, 6.07) is 10.8. The summed E-state index contributed by atoms with van der Waals surface area (Å²) in [7, 11) is 3.16. The summed E-state index contributed by atoms with van der Waals surface area (Å²) in [4.78, 5) is 0. The smallest absolute Gasteiger partial charge is 0.161 e. The first kappa shape index (κ1) is 14.5.